The van der Waals surface area contributed by atoms with Crippen molar-refractivity contribution >= 4 is 50.7 Å². The summed E-state index contributed by atoms with van der Waals surface area (Å²) in [4.78, 5) is 28.4. The van der Waals surface area contributed by atoms with Gasteiger partial charge < -0.3 is 10.2 Å². The second kappa shape index (κ2) is 12.4. The molecule has 0 aliphatic carbocycles. The molecule has 1 N–H and O–H groups in total. The zero-order valence-electron chi connectivity index (χ0n) is 20.8. The molecule has 196 valence electrons. The summed E-state index contributed by atoms with van der Waals surface area (Å²) in [6.07, 6.45) is 1.23. The fraction of sp³-hybridized carbons (Fsp3) is 0.259. The van der Waals surface area contributed by atoms with Crippen molar-refractivity contribution in [1.29, 1.82) is 0 Å². The molecule has 0 fully saturated rings. The summed E-state index contributed by atoms with van der Waals surface area (Å²) in [7, 11) is -2.43. The van der Waals surface area contributed by atoms with E-state index in [1.54, 1.807) is 6.07 Å². The van der Waals surface area contributed by atoms with Gasteiger partial charge in [0, 0.05) is 20.0 Å². The van der Waals surface area contributed by atoms with Gasteiger partial charge in [-0.1, -0.05) is 89.4 Å². The van der Waals surface area contributed by atoms with Crippen molar-refractivity contribution < 1.29 is 18.0 Å². The fourth-order valence-corrected chi connectivity index (χ4v) is 5.31. The van der Waals surface area contributed by atoms with Crippen LogP contribution in [0.25, 0.3) is 0 Å². The highest BCUT2D eigenvalue weighted by Crippen LogP contribution is 2.33. The predicted molar refractivity (Wildman–Crippen MR) is 148 cm³/mol. The number of hydrogen-bond acceptors (Lipinski definition) is 4. The molecule has 0 aliphatic heterocycles. The first-order chi connectivity index (χ1) is 17.5. The first kappa shape index (κ1) is 28.5. The molecule has 3 aromatic carbocycles. The van der Waals surface area contributed by atoms with Crippen molar-refractivity contribution in [2.24, 2.45) is 0 Å². The molecule has 3 aromatic rings. The van der Waals surface area contributed by atoms with Crippen molar-refractivity contribution in [3.05, 3.63) is 99.5 Å². The summed E-state index contributed by atoms with van der Waals surface area (Å²) >= 11 is 12.4. The summed E-state index contributed by atoms with van der Waals surface area (Å²) in [5.41, 5.74) is 2.74. The van der Waals surface area contributed by atoms with E-state index in [0.717, 1.165) is 27.3 Å². The van der Waals surface area contributed by atoms with Crippen LogP contribution in [0.15, 0.2) is 72.8 Å². The number of anilines is 1. The molecule has 0 bridgehead atoms. The number of amides is 2. The molecule has 0 aliphatic rings. The van der Waals surface area contributed by atoms with E-state index in [9.17, 15) is 18.0 Å². The maximum atomic E-state index is 13.9. The number of halogens is 2. The molecule has 0 saturated heterocycles. The Morgan fingerprint density at radius 2 is 1.59 bits per heavy atom. The molecule has 1 atom stereocenters. The van der Waals surface area contributed by atoms with Crippen LogP contribution in [0.2, 0.25) is 10.0 Å². The zero-order chi connectivity index (χ0) is 27.2. The number of benzene rings is 3. The van der Waals surface area contributed by atoms with Gasteiger partial charge in [-0.15, -0.1) is 0 Å². The Morgan fingerprint density at radius 3 is 2.22 bits per heavy atom. The molecule has 0 saturated carbocycles. The molecule has 0 unspecified atom stereocenters. The van der Waals surface area contributed by atoms with Crippen molar-refractivity contribution in [1.82, 2.24) is 10.2 Å². The van der Waals surface area contributed by atoms with Crippen LogP contribution >= 0.6 is 23.2 Å². The van der Waals surface area contributed by atoms with Crippen LogP contribution in [0.3, 0.4) is 0 Å². The Labute approximate surface area is 228 Å². The summed E-state index contributed by atoms with van der Waals surface area (Å²) in [6.45, 7) is 1.47. The van der Waals surface area contributed by atoms with Crippen LogP contribution in [0.5, 0.6) is 0 Å². The van der Waals surface area contributed by atoms with Crippen LogP contribution < -0.4 is 9.62 Å². The van der Waals surface area contributed by atoms with Gasteiger partial charge in [0.1, 0.15) is 12.6 Å². The van der Waals surface area contributed by atoms with Crippen LogP contribution in [-0.4, -0.2) is 51.0 Å². The Balaban J connectivity index is 2.06. The van der Waals surface area contributed by atoms with Crippen LogP contribution in [-0.2, 0) is 32.6 Å². The molecule has 0 spiro atoms. The summed E-state index contributed by atoms with van der Waals surface area (Å²) in [6, 6.07) is 20.6. The largest absolute Gasteiger partial charge is 0.357 e. The Morgan fingerprint density at radius 1 is 0.946 bits per heavy atom. The van der Waals surface area contributed by atoms with E-state index in [1.165, 1.54) is 24.1 Å². The summed E-state index contributed by atoms with van der Waals surface area (Å²) in [5, 5.41) is 2.82. The predicted octanol–water partition coefficient (Wildman–Crippen LogP) is 4.45. The van der Waals surface area contributed by atoms with Gasteiger partial charge in [-0.2, -0.15) is 0 Å². The number of nitrogens with zero attached hydrogens (tertiary/aromatic N) is 2. The van der Waals surface area contributed by atoms with Gasteiger partial charge in [-0.3, -0.25) is 13.9 Å². The van der Waals surface area contributed by atoms with Gasteiger partial charge in [-0.25, -0.2) is 8.42 Å². The Hall–Kier alpha value is -3.07. The van der Waals surface area contributed by atoms with E-state index in [2.05, 4.69) is 5.32 Å². The van der Waals surface area contributed by atoms with E-state index >= 15 is 0 Å². The highest BCUT2D eigenvalue weighted by atomic mass is 35.5. The second-order valence-corrected chi connectivity index (χ2v) is 11.4. The molecular weight excluding hydrogens is 533 g/mol. The summed E-state index contributed by atoms with van der Waals surface area (Å²) < 4.78 is 26.5. The molecule has 0 heterocycles. The molecule has 37 heavy (non-hydrogen) atoms. The minimum Gasteiger partial charge on any atom is -0.357 e. The van der Waals surface area contributed by atoms with Gasteiger partial charge in [0.05, 0.1) is 22.0 Å². The fourth-order valence-electron chi connectivity index (χ4n) is 4.01. The van der Waals surface area contributed by atoms with Crippen LogP contribution in [0.4, 0.5) is 5.69 Å². The number of aryl methyl sites for hydroxylation is 1. The van der Waals surface area contributed by atoms with Gasteiger partial charge in [-0.05, 0) is 30.2 Å². The minimum atomic E-state index is -3.93. The van der Waals surface area contributed by atoms with Crippen molar-refractivity contribution in [3.63, 3.8) is 0 Å². The van der Waals surface area contributed by atoms with Gasteiger partial charge in [0.25, 0.3) is 0 Å². The molecule has 2 amide bonds. The van der Waals surface area contributed by atoms with Gasteiger partial charge in [0.15, 0.2) is 0 Å². The lowest BCUT2D eigenvalue weighted by Crippen LogP contribution is -2.52. The Bertz CT molecular complexity index is 1370. The topological polar surface area (TPSA) is 86.8 Å². The maximum Gasteiger partial charge on any atom is 0.244 e. The monoisotopic (exact) mass is 561 g/mol. The van der Waals surface area contributed by atoms with E-state index in [1.807, 2.05) is 61.5 Å². The molecular formula is C27H29Cl2N3O4S. The quantitative estimate of drug-likeness (QED) is 0.396. The number of likely N-dealkylation sites (N-methyl/N-ethyl adjacent to an activating group) is 1. The van der Waals surface area contributed by atoms with E-state index < -0.39 is 28.5 Å². The first-order valence-electron chi connectivity index (χ1n) is 11.5. The second-order valence-electron chi connectivity index (χ2n) is 8.67. The first-order valence-corrected chi connectivity index (χ1v) is 14.1. The number of hydrogen-bond donors (Lipinski definition) is 1. The highest BCUT2D eigenvalue weighted by Gasteiger charge is 2.33. The van der Waals surface area contributed by atoms with Crippen LogP contribution in [0, 0.1) is 6.92 Å². The smallest absolute Gasteiger partial charge is 0.244 e. The third kappa shape index (κ3) is 7.47. The maximum absolute atomic E-state index is 13.9. The lowest BCUT2D eigenvalue weighted by Gasteiger charge is -2.33. The third-order valence-electron chi connectivity index (χ3n) is 5.83. The SMILES string of the molecule is CNC(=O)[C@H](Cc1ccccc1)N(Cc1cccc(C)c1)C(=O)CN(c1cccc(Cl)c1Cl)S(C)(=O)=O. The average molecular weight is 563 g/mol. The third-order valence-corrected chi connectivity index (χ3v) is 7.77. The number of sulfonamides is 1. The average Bonchev–Trinajstić information content (AvgIpc) is 2.86. The molecule has 3 rings (SSSR count). The van der Waals surface area contributed by atoms with Gasteiger partial charge in [0.2, 0.25) is 21.8 Å². The molecule has 0 radical (unpaired) electrons. The Kier molecular flexibility index (Phi) is 9.59. The van der Waals surface area contributed by atoms with Crippen molar-refractivity contribution in [3.8, 4) is 0 Å². The number of nitrogens with one attached hydrogen (secondary N) is 1. The number of rotatable bonds is 10. The number of carbonyl (C=O) groups is 2. The standard InChI is InChI=1S/C27H29Cl2N3O4S/c1-19-9-7-12-21(15-19)17-31(24(27(34)30-2)16-20-10-5-4-6-11-20)25(33)18-32(37(3,35)36)23-14-8-13-22(28)26(23)29/h4-15,24H,16-18H2,1-3H3,(H,30,34)/t24-/m0/s1. The lowest BCUT2D eigenvalue weighted by molar-refractivity contribution is -0.139. The van der Waals surface area contributed by atoms with E-state index in [0.29, 0.717) is 0 Å². The van der Waals surface area contributed by atoms with Crippen LogP contribution in [0.1, 0.15) is 16.7 Å². The van der Waals surface area contributed by atoms with E-state index in [-0.39, 0.29) is 34.6 Å². The minimum absolute atomic E-state index is 0.0137. The van der Waals surface area contributed by atoms with Crippen molar-refractivity contribution in [2.75, 3.05) is 24.2 Å². The zero-order valence-corrected chi connectivity index (χ0v) is 23.1. The summed E-state index contributed by atoms with van der Waals surface area (Å²) in [5.74, 6) is -0.927. The van der Waals surface area contributed by atoms with Gasteiger partial charge >= 0.3 is 0 Å². The number of carbonyl (C=O) groups excluding carboxylic acids is 2. The molecule has 7 nitrogen and oxygen atoms in total. The normalized spacial score (nSPS) is 12.0. The molecule has 10 heteroatoms. The molecule has 0 aromatic heterocycles. The lowest BCUT2D eigenvalue weighted by atomic mass is 10.0. The van der Waals surface area contributed by atoms with Crippen molar-refractivity contribution in [2.45, 2.75) is 25.9 Å². The highest BCUT2D eigenvalue weighted by molar-refractivity contribution is 7.92. The van der Waals surface area contributed by atoms with E-state index in [4.69, 9.17) is 23.2 Å².